The molecule has 2 N–H and O–H groups in total. The van der Waals surface area contributed by atoms with Gasteiger partial charge < -0.3 is 9.47 Å². The van der Waals surface area contributed by atoms with Crippen LogP contribution in [-0.4, -0.2) is 25.5 Å². The molecule has 0 aliphatic rings. The molecule has 27 heavy (non-hydrogen) atoms. The minimum atomic E-state index is -3.19. The van der Waals surface area contributed by atoms with E-state index in [-0.39, 0.29) is 22.0 Å². The van der Waals surface area contributed by atoms with Gasteiger partial charge in [0.25, 0.3) is 5.91 Å². The lowest BCUT2D eigenvalue weighted by molar-refractivity contribution is -0.121. The van der Waals surface area contributed by atoms with Gasteiger partial charge in [0.2, 0.25) is 5.91 Å². The summed E-state index contributed by atoms with van der Waals surface area (Å²) >= 11 is 11.6. The second-order valence-corrected chi connectivity index (χ2v) is 6.01. The van der Waals surface area contributed by atoms with Crippen molar-refractivity contribution in [1.29, 1.82) is 0 Å². The molecule has 0 atom stereocenters. The van der Waals surface area contributed by atoms with E-state index in [4.69, 9.17) is 27.9 Å². The topological polar surface area (TPSA) is 76.7 Å². The number of nitrogens with one attached hydrogen (secondary N) is 2. The zero-order chi connectivity index (χ0) is 20.0. The molecule has 144 valence electrons. The fourth-order valence-corrected chi connectivity index (χ4v) is 2.64. The third-order valence-electron chi connectivity index (χ3n) is 3.30. The van der Waals surface area contributed by atoms with E-state index in [1.165, 1.54) is 7.11 Å². The van der Waals surface area contributed by atoms with Crippen molar-refractivity contribution in [2.75, 3.05) is 7.11 Å². The van der Waals surface area contributed by atoms with Gasteiger partial charge in [0, 0.05) is 5.02 Å². The third-order valence-corrected chi connectivity index (χ3v) is 3.80. The van der Waals surface area contributed by atoms with Crippen LogP contribution in [0.3, 0.4) is 0 Å². The number of benzene rings is 2. The lowest BCUT2D eigenvalue weighted by Gasteiger charge is -2.13. The molecule has 0 radical (unpaired) electrons. The van der Waals surface area contributed by atoms with Gasteiger partial charge in [0.15, 0.2) is 5.75 Å². The van der Waals surface area contributed by atoms with Gasteiger partial charge in [0.1, 0.15) is 5.75 Å². The predicted molar refractivity (Wildman–Crippen MR) is 95.4 cm³/mol. The highest BCUT2D eigenvalue weighted by molar-refractivity contribution is 6.36. The summed E-state index contributed by atoms with van der Waals surface area (Å²) in [6.07, 6.45) is -0.0268. The largest absolute Gasteiger partial charge is 0.497 e. The highest BCUT2D eigenvalue weighted by Crippen LogP contribution is 2.33. The van der Waals surface area contributed by atoms with Crippen LogP contribution in [0.5, 0.6) is 11.5 Å². The second kappa shape index (κ2) is 9.38. The number of halogens is 4. The van der Waals surface area contributed by atoms with Crippen LogP contribution in [0.25, 0.3) is 0 Å². The first-order valence-electron chi connectivity index (χ1n) is 7.46. The molecule has 0 aliphatic carbocycles. The smallest absolute Gasteiger partial charge is 0.387 e. The first-order valence-corrected chi connectivity index (χ1v) is 8.21. The Labute approximate surface area is 163 Å². The number of hydrogen-bond acceptors (Lipinski definition) is 4. The zero-order valence-corrected chi connectivity index (χ0v) is 15.4. The minimum absolute atomic E-state index is 0.0268. The number of hydrazine groups is 1. The van der Waals surface area contributed by atoms with Gasteiger partial charge in [-0.3, -0.25) is 20.4 Å². The summed E-state index contributed by atoms with van der Waals surface area (Å²) in [7, 11) is 1.52. The second-order valence-electron chi connectivity index (χ2n) is 5.17. The fraction of sp³-hybridized carbons (Fsp3) is 0.176. The van der Waals surface area contributed by atoms with E-state index in [1.54, 1.807) is 24.3 Å². The molecule has 0 aromatic heterocycles. The number of rotatable bonds is 6. The molecular weight excluding hydrogens is 405 g/mol. The fourth-order valence-electron chi connectivity index (χ4n) is 2.10. The van der Waals surface area contributed by atoms with Crippen molar-refractivity contribution < 1.29 is 27.8 Å². The first kappa shape index (κ1) is 20.7. The number of amides is 2. The molecule has 0 heterocycles. The van der Waals surface area contributed by atoms with Crippen molar-refractivity contribution in [2.45, 2.75) is 13.0 Å². The van der Waals surface area contributed by atoms with E-state index < -0.39 is 24.2 Å². The monoisotopic (exact) mass is 418 g/mol. The number of methoxy groups -OCH3 is 1. The van der Waals surface area contributed by atoms with Gasteiger partial charge in [-0.2, -0.15) is 8.78 Å². The molecule has 2 amide bonds. The number of alkyl halides is 2. The van der Waals surface area contributed by atoms with Crippen LogP contribution in [0, 0.1) is 0 Å². The van der Waals surface area contributed by atoms with E-state index in [0.717, 1.165) is 12.1 Å². The van der Waals surface area contributed by atoms with Crippen LogP contribution in [0.2, 0.25) is 10.0 Å². The molecular formula is C17H14Cl2F2N2O4. The van der Waals surface area contributed by atoms with Crippen molar-refractivity contribution in [3.8, 4) is 11.5 Å². The first-order chi connectivity index (χ1) is 12.8. The van der Waals surface area contributed by atoms with Crippen LogP contribution in [0.15, 0.2) is 36.4 Å². The van der Waals surface area contributed by atoms with Gasteiger partial charge >= 0.3 is 6.61 Å². The van der Waals surface area contributed by atoms with Crippen molar-refractivity contribution in [2.24, 2.45) is 0 Å². The highest BCUT2D eigenvalue weighted by Gasteiger charge is 2.20. The molecule has 6 nitrogen and oxygen atoms in total. The van der Waals surface area contributed by atoms with Gasteiger partial charge in [-0.1, -0.05) is 35.3 Å². The lowest BCUT2D eigenvalue weighted by Crippen LogP contribution is -2.42. The lowest BCUT2D eigenvalue weighted by atomic mass is 10.1. The summed E-state index contributed by atoms with van der Waals surface area (Å²) in [5.74, 6) is -1.36. The van der Waals surface area contributed by atoms with Crippen molar-refractivity contribution in [1.82, 2.24) is 10.9 Å². The molecule has 0 bridgehead atoms. The summed E-state index contributed by atoms with van der Waals surface area (Å²) in [5, 5.41) is -0.228. The highest BCUT2D eigenvalue weighted by atomic mass is 35.5. The van der Waals surface area contributed by atoms with E-state index >= 15 is 0 Å². The summed E-state index contributed by atoms with van der Waals surface area (Å²) < 4.78 is 34.3. The summed E-state index contributed by atoms with van der Waals surface area (Å²) in [6.45, 7) is -3.19. The van der Waals surface area contributed by atoms with Gasteiger partial charge in [-0.25, -0.2) is 0 Å². The number of carbonyl (C=O) groups excluding carboxylic acids is 2. The van der Waals surface area contributed by atoms with Crippen molar-refractivity contribution in [3.63, 3.8) is 0 Å². The Balaban J connectivity index is 2.03. The van der Waals surface area contributed by atoms with Gasteiger partial charge in [-0.05, 0) is 29.8 Å². The van der Waals surface area contributed by atoms with E-state index in [1.807, 2.05) is 0 Å². The van der Waals surface area contributed by atoms with E-state index in [0.29, 0.717) is 11.3 Å². The van der Waals surface area contributed by atoms with Crippen LogP contribution in [0.1, 0.15) is 15.9 Å². The average molecular weight is 419 g/mol. The summed E-state index contributed by atoms with van der Waals surface area (Å²) in [6, 6.07) is 8.99. The molecule has 2 aromatic carbocycles. The molecule has 0 aliphatic heterocycles. The van der Waals surface area contributed by atoms with Crippen LogP contribution < -0.4 is 20.3 Å². The quantitative estimate of drug-likeness (QED) is 0.702. The average Bonchev–Trinajstić information content (AvgIpc) is 2.62. The maximum Gasteiger partial charge on any atom is 0.387 e. The van der Waals surface area contributed by atoms with Crippen molar-refractivity contribution in [3.05, 3.63) is 57.6 Å². The SMILES string of the molecule is COc1ccc(CC(=O)NNC(=O)c2cc(Cl)cc(Cl)c2OC(F)F)cc1. The van der Waals surface area contributed by atoms with E-state index in [2.05, 4.69) is 15.6 Å². The Kier molecular flexibility index (Phi) is 7.20. The number of ether oxygens (including phenoxy) is 2. The minimum Gasteiger partial charge on any atom is -0.497 e. The van der Waals surface area contributed by atoms with E-state index in [9.17, 15) is 18.4 Å². The summed E-state index contributed by atoms with van der Waals surface area (Å²) in [5.41, 5.74) is 4.61. The predicted octanol–water partition coefficient (Wildman–Crippen LogP) is 3.61. The molecule has 0 saturated heterocycles. The Morgan fingerprint density at radius 1 is 1.11 bits per heavy atom. The Morgan fingerprint density at radius 2 is 1.78 bits per heavy atom. The zero-order valence-electron chi connectivity index (χ0n) is 13.9. The standard InChI is InChI=1S/C17H14Cl2F2N2O4/c1-26-11-4-2-9(3-5-11)6-14(24)22-23-16(25)12-7-10(18)8-13(19)15(12)27-17(20)21/h2-5,7-8,17H,6H2,1H3,(H,22,24)(H,23,25). The Bertz CT molecular complexity index is 832. The molecule has 0 unspecified atom stereocenters. The molecule has 10 heteroatoms. The molecule has 0 fully saturated rings. The van der Waals surface area contributed by atoms with Crippen LogP contribution >= 0.6 is 23.2 Å². The van der Waals surface area contributed by atoms with Crippen LogP contribution in [-0.2, 0) is 11.2 Å². The maximum atomic E-state index is 12.5. The molecule has 2 aromatic rings. The number of hydrogen-bond donors (Lipinski definition) is 2. The number of carbonyl (C=O) groups is 2. The summed E-state index contributed by atoms with van der Waals surface area (Å²) in [4.78, 5) is 24.1. The Hall–Kier alpha value is -2.58. The molecule has 2 rings (SSSR count). The maximum absolute atomic E-state index is 12.5. The molecule has 0 saturated carbocycles. The van der Waals surface area contributed by atoms with Gasteiger partial charge in [0.05, 0.1) is 24.1 Å². The van der Waals surface area contributed by atoms with Crippen molar-refractivity contribution >= 4 is 35.0 Å². The Morgan fingerprint density at radius 3 is 2.37 bits per heavy atom. The normalized spacial score (nSPS) is 10.4. The van der Waals surface area contributed by atoms with Crippen LogP contribution in [0.4, 0.5) is 8.78 Å². The third kappa shape index (κ3) is 5.97. The van der Waals surface area contributed by atoms with Gasteiger partial charge in [-0.15, -0.1) is 0 Å². The molecule has 0 spiro atoms.